The first-order valence-corrected chi connectivity index (χ1v) is 8.32. The van der Waals surface area contributed by atoms with Crippen LogP contribution in [0.5, 0.6) is 0 Å². The van der Waals surface area contributed by atoms with Crippen molar-refractivity contribution in [3.8, 4) is 0 Å². The molecule has 2 unspecified atom stereocenters. The van der Waals surface area contributed by atoms with Crippen molar-refractivity contribution in [3.63, 3.8) is 0 Å². The van der Waals surface area contributed by atoms with E-state index in [-0.39, 0.29) is 0 Å². The highest BCUT2D eigenvalue weighted by molar-refractivity contribution is 4.72. The van der Waals surface area contributed by atoms with Crippen LogP contribution in [0.4, 0.5) is 0 Å². The second-order valence-electron chi connectivity index (χ2n) is 7.88. The van der Waals surface area contributed by atoms with E-state index >= 15 is 0 Å². The van der Waals surface area contributed by atoms with Crippen molar-refractivity contribution in [3.05, 3.63) is 0 Å². The van der Waals surface area contributed by atoms with Crippen LogP contribution in [0.25, 0.3) is 0 Å². The number of nitrogens with zero attached hydrogens (tertiary/aromatic N) is 1. The van der Waals surface area contributed by atoms with Gasteiger partial charge in [0.25, 0.3) is 0 Å². The molecule has 0 radical (unpaired) electrons. The van der Waals surface area contributed by atoms with Gasteiger partial charge < -0.3 is 10.2 Å². The van der Waals surface area contributed by atoms with E-state index in [2.05, 4.69) is 44.8 Å². The predicted molar refractivity (Wildman–Crippen MR) is 85.6 cm³/mol. The van der Waals surface area contributed by atoms with Crippen LogP contribution in [-0.4, -0.2) is 37.1 Å². The number of nitrogens with one attached hydrogen (secondary N) is 1. The van der Waals surface area contributed by atoms with Gasteiger partial charge in [-0.1, -0.05) is 34.1 Å². The van der Waals surface area contributed by atoms with Crippen molar-refractivity contribution in [2.45, 2.75) is 72.8 Å². The topological polar surface area (TPSA) is 15.3 Å². The van der Waals surface area contributed by atoms with Crippen LogP contribution in [0.15, 0.2) is 0 Å². The average Bonchev–Trinajstić information content (AvgIpc) is 2.27. The van der Waals surface area contributed by atoms with Crippen LogP contribution < -0.4 is 5.32 Å². The van der Waals surface area contributed by atoms with Crippen LogP contribution in [0, 0.1) is 11.3 Å². The van der Waals surface area contributed by atoms with E-state index in [4.69, 9.17) is 0 Å². The zero-order valence-corrected chi connectivity index (χ0v) is 14.0. The maximum Gasteiger partial charge on any atom is 0.0166 e. The lowest BCUT2D eigenvalue weighted by Crippen LogP contribution is -2.42. The third-order valence-electron chi connectivity index (χ3n) is 4.07. The minimum absolute atomic E-state index is 0.471. The van der Waals surface area contributed by atoms with Crippen LogP contribution >= 0.6 is 0 Å². The molecule has 1 heterocycles. The smallest absolute Gasteiger partial charge is 0.0166 e. The molecule has 2 heteroatoms. The normalized spacial score (nSPS) is 21.3. The molecule has 0 aromatic rings. The van der Waals surface area contributed by atoms with Gasteiger partial charge in [-0.25, -0.2) is 0 Å². The Morgan fingerprint density at radius 1 is 1.05 bits per heavy atom. The molecule has 0 aliphatic carbocycles. The minimum atomic E-state index is 0.471. The van der Waals surface area contributed by atoms with Gasteiger partial charge in [0, 0.05) is 12.6 Å². The maximum absolute atomic E-state index is 3.70. The number of piperidine rings is 1. The molecule has 0 bridgehead atoms. The van der Waals surface area contributed by atoms with Crippen molar-refractivity contribution in [1.29, 1.82) is 0 Å². The molecule has 1 aliphatic rings. The fourth-order valence-electron chi connectivity index (χ4n) is 3.32. The van der Waals surface area contributed by atoms with Gasteiger partial charge in [0.2, 0.25) is 0 Å². The fourth-order valence-corrected chi connectivity index (χ4v) is 3.32. The van der Waals surface area contributed by atoms with Crippen LogP contribution in [0.3, 0.4) is 0 Å². The summed E-state index contributed by atoms with van der Waals surface area (Å²) in [6.07, 6.45) is 6.87. The van der Waals surface area contributed by atoms with Crippen molar-refractivity contribution in [2.24, 2.45) is 11.3 Å². The molecule has 1 rings (SSSR count). The number of hydrogen-bond acceptors (Lipinski definition) is 2. The summed E-state index contributed by atoms with van der Waals surface area (Å²) in [7, 11) is 0. The molecule has 19 heavy (non-hydrogen) atoms. The Labute approximate surface area is 121 Å². The fraction of sp³-hybridized carbons (Fsp3) is 1.00. The SMILES string of the molecule is CC(CCNC(C)CN1CCCCC1)CC(C)(C)C. The van der Waals surface area contributed by atoms with Crippen molar-refractivity contribution < 1.29 is 0 Å². The molecule has 1 saturated heterocycles. The molecular formula is C17H36N2. The van der Waals surface area contributed by atoms with Gasteiger partial charge in [-0.05, 0) is 63.6 Å². The predicted octanol–water partition coefficient (Wildman–Crippen LogP) is 3.91. The third-order valence-corrected chi connectivity index (χ3v) is 4.07. The number of hydrogen-bond donors (Lipinski definition) is 1. The Bertz CT molecular complexity index is 226. The summed E-state index contributed by atoms with van der Waals surface area (Å²) in [6.45, 7) is 16.8. The first-order valence-electron chi connectivity index (χ1n) is 8.32. The minimum Gasteiger partial charge on any atom is -0.313 e. The van der Waals surface area contributed by atoms with Crippen LogP contribution in [0.2, 0.25) is 0 Å². The Kier molecular flexibility index (Phi) is 7.38. The monoisotopic (exact) mass is 268 g/mol. The van der Waals surface area contributed by atoms with Crippen LogP contribution in [-0.2, 0) is 0 Å². The Morgan fingerprint density at radius 3 is 2.26 bits per heavy atom. The largest absolute Gasteiger partial charge is 0.313 e. The van der Waals surface area contributed by atoms with Gasteiger partial charge in [-0.3, -0.25) is 0 Å². The molecule has 1 aliphatic heterocycles. The van der Waals surface area contributed by atoms with Gasteiger partial charge in [0.1, 0.15) is 0 Å². The van der Waals surface area contributed by atoms with E-state index in [0.29, 0.717) is 11.5 Å². The summed E-state index contributed by atoms with van der Waals surface area (Å²) in [5, 5.41) is 3.70. The van der Waals surface area contributed by atoms with E-state index in [1.165, 1.54) is 58.3 Å². The third kappa shape index (κ3) is 8.65. The summed E-state index contributed by atoms with van der Waals surface area (Å²) in [6, 6.07) is 0.639. The van der Waals surface area contributed by atoms with E-state index < -0.39 is 0 Å². The summed E-state index contributed by atoms with van der Waals surface area (Å²) in [5.41, 5.74) is 0.471. The highest BCUT2D eigenvalue weighted by Gasteiger charge is 2.16. The van der Waals surface area contributed by atoms with Crippen molar-refractivity contribution >= 4 is 0 Å². The molecule has 0 aromatic carbocycles. The van der Waals surface area contributed by atoms with Gasteiger partial charge in [0.05, 0.1) is 0 Å². The van der Waals surface area contributed by atoms with Gasteiger partial charge in [0.15, 0.2) is 0 Å². The molecule has 2 nitrogen and oxygen atoms in total. The maximum atomic E-state index is 3.70. The Morgan fingerprint density at radius 2 is 1.68 bits per heavy atom. The molecule has 114 valence electrons. The molecule has 2 atom stereocenters. The number of rotatable bonds is 7. The zero-order valence-electron chi connectivity index (χ0n) is 14.0. The summed E-state index contributed by atoms with van der Waals surface area (Å²) >= 11 is 0. The lowest BCUT2D eigenvalue weighted by molar-refractivity contribution is 0.207. The summed E-state index contributed by atoms with van der Waals surface area (Å²) < 4.78 is 0. The molecule has 0 saturated carbocycles. The van der Waals surface area contributed by atoms with Gasteiger partial charge >= 0.3 is 0 Å². The quantitative estimate of drug-likeness (QED) is 0.753. The van der Waals surface area contributed by atoms with E-state index in [0.717, 1.165) is 5.92 Å². The van der Waals surface area contributed by atoms with E-state index in [9.17, 15) is 0 Å². The molecule has 0 spiro atoms. The van der Waals surface area contributed by atoms with Gasteiger partial charge in [-0.15, -0.1) is 0 Å². The lowest BCUT2D eigenvalue weighted by atomic mass is 9.84. The highest BCUT2D eigenvalue weighted by Crippen LogP contribution is 2.25. The van der Waals surface area contributed by atoms with Crippen molar-refractivity contribution in [1.82, 2.24) is 10.2 Å². The molecule has 1 N–H and O–H groups in total. The van der Waals surface area contributed by atoms with E-state index in [1.807, 2.05) is 0 Å². The first-order chi connectivity index (χ1) is 8.87. The second kappa shape index (κ2) is 8.26. The first kappa shape index (κ1) is 17.0. The van der Waals surface area contributed by atoms with Crippen molar-refractivity contribution in [2.75, 3.05) is 26.2 Å². The Balaban J connectivity index is 2.07. The highest BCUT2D eigenvalue weighted by atomic mass is 15.1. The standard InChI is InChI=1S/C17H36N2/c1-15(13-17(3,4)5)9-10-18-16(2)14-19-11-7-6-8-12-19/h15-16,18H,6-14H2,1-5H3. The lowest BCUT2D eigenvalue weighted by Gasteiger charge is -2.30. The second-order valence-corrected chi connectivity index (χ2v) is 7.88. The molecule has 0 amide bonds. The van der Waals surface area contributed by atoms with Gasteiger partial charge in [-0.2, -0.15) is 0 Å². The molecule has 1 fully saturated rings. The number of likely N-dealkylation sites (tertiary alicyclic amines) is 1. The summed E-state index contributed by atoms with van der Waals surface area (Å²) in [4.78, 5) is 2.62. The van der Waals surface area contributed by atoms with Crippen LogP contribution in [0.1, 0.15) is 66.7 Å². The van der Waals surface area contributed by atoms with E-state index in [1.54, 1.807) is 0 Å². The molecule has 0 aromatic heterocycles. The zero-order chi connectivity index (χ0) is 14.3. The average molecular weight is 268 g/mol. The summed E-state index contributed by atoms with van der Waals surface area (Å²) in [5.74, 6) is 0.828. The molecular weight excluding hydrogens is 232 g/mol. The Hall–Kier alpha value is -0.0800.